The van der Waals surface area contributed by atoms with E-state index >= 15 is 0 Å². The topological polar surface area (TPSA) is 66.5 Å². The molecule has 1 amide bonds. The number of anilines is 1. The monoisotopic (exact) mass is 338 g/mol. The van der Waals surface area contributed by atoms with E-state index in [1.54, 1.807) is 19.1 Å². The van der Waals surface area contributed by atoms with Gasteiger partial charge in [0.05, 0.1) is 11.9 Å². The number of rotatable bonds is 5. The van der Waals surface area contributed by atoms with Crippen LogP contribution >= 0.6 is 0 Å². The minimum absolute atomic E-state index is 0.165. The van der Waals surface area contributed by atoms with Crippen LogP contribution < -0.4 is 9.62 Å². The summed E-state index contributed by atoms with van der Waals surface area (Å²) in [6, 6.07) is 6.56. The van der Waals surface area contributed by atoms with Crippen LogP contribution in [0.3, 0.4) is 0 Å². The molecule has 1 aromatic rings. The molecule has 128 valence electrons. The van der Waals surface area contributed by atoms with Crippen LogP contribution in [0.25, 0.3) is 0 Å². The number of hydrogen-bond acceptors (Lipinski definition) is 3. The van der Waals surface area contributed by atoms with E-state index in [2.05, 4.69) is 5.32 Å². The fraction of sp³-hybridized carbons (Fsp3) is 0.588. The molecular formula is C17H26N2O3S. The fourth-order valence-electron chi connectivity index (χ4n) is 3.07. The Morgan fingerprint density at radius 2 is 1.74 bits per heavy atom. The highest BCUT2D eigenvalue weighted by molar-refractivity contribution is 7.92. The lowest BCUT2D eigenvalue weighted by Crippen LogP contribution is -2.50. The van der Waals surface area contributed by atoms with Crippen LogP contribution in [0.4, 0.5) is 5.69 Å². The lowest BCUT2D eigenvalue weighted by atomic mass is 9.95. The number of nitrogens with zero attached hydrogens (tertiary/aromatic N) is 1. The fourth-order valence-corrected chi connectivity index (χ4v) is 4.24. The molecule has 0 unspecified atom stereocenters. The summed E-state index contributed by atoms with van der Waals surface area (Å²) in [7, 11) is -3.54. The minimum atomic E-state index is -3.54. The first-order chi connectivity index (χ1) is 10.8. The molecule has 2 rings (SSSR count). The van der Waals surface area contributed by atoms with E-state index in [1.165, 1.54) is 10.7 Å². The zero-order chi connectivity index (χ0) is 17.0. The van der Waals surface area contributed by atoms with E-state index in [0.717, 1.165) is 37.5 Å². The molecule has 0 bridgehead atoms. The Hall–Kier alpha value is -1.56. The van der Waals surface area contributed by atoms with E-state index in [-0.39, 0.29) is 11.9 Å². The molecule has 1 aliphatic rings. The molecule has 0 aromatic heterocycles. The molecule has 6 heteroatoms. The molecule has 0 heterocycles. The first-order valence-corrected chi connectivity index (χ1v) is 10.0. The lowest BCUT2D eigenvalue weighted by Gasteiger charge is -2.30. The molecule has 1 N–H and O–H groups in total. The molecule has 1 aromatic carbocycles. The third kappa shape index (κ3) is 4.70. The Bertz CT molecular complexity index is 634. The number of hydrogen-bond donors (Lipinski definition) is 1. The molecule has 1 saturated carbocycles. The number of benzene rings is 1. The predicted octanol–water partition coefficient (Wildman–Crippen LogP) is 2.60. The largest absolute Gasteiger partial charge is 0.352 e. The quantitative estimate of drug-likeness (QED) is 0.897. The van der Waals surface area contributed by atoms with E-state index in [9.17, 15) is 13.2 Å². The van der Waals surface area contributed by atoms with E-state index in [1.807, 2.05) is 19.1 Å². The maximum Gasteiger partial charge on any atom is 0.243 e. The number of aryl methyl sites for hydroxylation is 1. The summed E-state index contributed by atoms with van der Waals surface area (Å²) in [5, 5.41) is 3.01. The van der Waals surface area contributed by atoms with Gasteiger partial charge in [-0.3, -0.25) is 9.10 Å². The molecule has 0 radical (unpaired) electrons. The van der Waals surface area contributed by atoms with Gasteiger partial charge in [0.15, 0.2) is 0 Å². The molecular weight excluding hydrogens is 312 g/mol. The van der Waals surface area contributed by atoms with Crippen LogP contribution in [-0.4, -0.2) is 32.7 Å². The smallest absolute Gasteiger partial charge is 0.243 e. The number of carbonyl (C=O) groups is 1. The van der Waals surface area contributed by atoms with Gasteiger partial charge in [0.25, 0.3) is 0 Å². The van der Waals surface area contributed by atoms with Gasteiger partial charge in [0.1, 0.15) is 6.04 Å². The zero-order valence-electron chi connectivity index (χ0n) is 14.1. The third-order valence-corrected chi connectivity index (χ3v) is 5.57. The summed E-state index contributed by atoms with van der Waals surface area (Å²) in [5.41, 5.74) is 1.56. The van der Waals surface area contributed by atoms with Crippen molar-refractivity contribution in [3.8, 4) is 0 Å². The molecule has 0 aliphatic heterocycles. The van der Waals surface area contributed by atoms with Crippen molar-refractivity contribution in [3.05, 3.63) is 29.8 Å². The van der Waals surface area contributed by atoms with Gasteiger partial charge in [0, 0.05) is 6.04 Å². The van der Waals surface area contributed by atoms with Crippen LogP contribution in [0, 0.1) is 6.92 Å². The van der Waals surface area contributed by atoms with Crippen molar-refractivity contribution in [2.24, 2.45) is 0 Å². The summed E-state index contributed by atoms with van der Waals surface area (Å²) in [4.78, 5) is 12.5. The SMILES string of the molecule is Cc1ccc(N([C@@H](C)C(=O)NC2CCCCC2)S(C)(=O)=O)cc1. The normalized spacial score (nSPS) is 17.5. The molecule has 1 fully saturated rings. The average molecular weight is 338 g/mol. The van der Waals surface area contributed by atoms with Gasteiger partial charge in [-0.25, -0.2) is 8.42 Å². The van der Waals surface area contributed by atoms with Crippen molar-refractivity contribution in [1.82, 2.24) is 5.32 Å². The van der Waals surface area contributed by atoms with Crippen LogP contribution in [0.5, 0.6) is 0 Å². The van der Waals surface area contributed by atoms with Gasteiger partial charge in [-0.1, -0.05) is 37.0 Å². The molecule has 0 spiro atoms. The number of sulfonamides is 1. The van der Waals surface area contributed by atoms with Crippen LogP contribution in [0.2, 0.25) is 0 Å². The van der Waals surface area contributed by atoms with Crippen LogP contribution in [-0.2, 0) is 14.8 Å². The highest BCUT2D eigenvalue weighted by Crippen LogP contribution is 2.22. The van der Waals surface area contributed by atoms with Gasteiger partial charge in [-0.05, 0) is 38.8 Å². The van der Waals surface area contributed by atoms with Gasteiger partial charge in [0.2, 0.25) is 15.9 Å². The van der Waals surface area contributed by atoms with E-state index < -0.39 is 16.1 Å². The highest BCUT2D eigenvalue weighted by atomic mass is 32.2. The Balaban J connectivity index is 2.17. The van der Waals surface area contributed by atoms with Crippen molar-refractivity contribution >= 4 is 21.6 Å². The first kappa shape index (κ1) is 17.8. The Morgan fingerprint density at radius 1 is 1.17 bits per heavy atom. The second kappa shape index (κ2) is 7.34. The van der Waals surface area contributed by atoms with Gasteiger partial charge in [-0.15, -0.1) is 0 Å². The maximum atomic E-state index is 12.5. The summed E-state index contributed by atoms with van der Waals surface area (Å²) < 4.78 is 25.6. The first-order valence-electron chi connectivity index (χ1n) is 8.15. The van der Waals surface area contributed by atoms with Crippen molar-refractivity contribution in [1.29, 1.82) is 0 Å². The number of nitrogens with one attached hydrogen (secondary N) is 1. The molecule has 1 atom stereocenters. The second-order valence-electron chi connectivity index (χ2n) is 6.41. The maximum absolute atomic E-state index is 12.5. The third-order valence-electron chi connectivity index (χ3n) is 4.33. The molecule has 5 nitrogen and oxygen atoms in total. The Kier molecular flexibility index (Phi) is 5.68. The van der Waals surface area contributed by atoms with Crippen LogP contribution in [0.15, 0.2) is 24.3 Å². The van der Waals surface area contributed by atoms with Crippen molar-refractivity contribution in [2.45, 2.75) is 58.0 Å². The standard InChI is InChI=1S/C17H26N2O3S/c1-13-9-11-16(12-10-13)19(23(3,21)22)14(2)17(20)18-15-7-5-4-6-8-15/h9-12,14-15H,4-8H2,1-3H3,(H,18,20)/t14-/m0/s1. The lowest BCUT2D eigenvalue weighted by molar-refractivity contribution is -0.122. The molecule has 0 saturated heterocycles. The summed E-state index contributed by atoms with van der Waals surface area (Å²) in [5.74, 6) is -0.233. The van der Waals surface area contributed by atoms with E-state index in [4.69, 9.17) is 0 Å². The average Bonchev–Trinajstić information content (AvgIpc) is 2.49. The number of amides is 1. The summed E-state index contributed by atoms with van der Waals surface area (Å²) >= 11 is 0. The predicted molar refractivity (Wildman–Crippen MR) is 93.0 cm³/mol. The second-order valence-corrected chi connectivity index (χ2v) is 8.27. The van der Waals surface area contributed by atoms with Crippen molar-refractivity contribution in [3.63, 3.8) is 0 Å². The summed E-state index contributed by atoms with van der Waals surface area (Å²) in [6.45, 7) is 3.58. The Labute approximate surface area is 139 Å². The minimum Gasteiger partial charge on any atom is -0.352 e. The van der Waals surface area contributed by atoms with Gasteiger partial charge >= 0.3 is 0 Å². The van der Waals surface area contributed by atoms with E-state index in [0.29, 0.717) is 5.69 Å². The number of carbonyl (C=O) groups excluding carboxylic acids is 1. The molecule has 1 aliphatic carbocycles. The summed E-state index contributed by atoms with van der Waals surface area (Å²) in [6.07, 6.45) is 6.53. The van der Waals surface area contributed by atoms with Gasteiger partial charge < -0.3 is 5.32 Å². The molecule has 23 heavy (non-hydrogen) atoms. The zero-order valence-corrected chi connectivity index (χ0v) is 14.9. The van der Waals surface area contributed by atoms with Crippen LogP contribution in [0.1, 0.15) is 44.6 Å². The Morgan fingerprint density at radius 3 is 2.26 bits per heavy atom. The highest BCUT2D eigenvalue weighted by Gasteiger charge is 2.30. The van der Waals surface area contributed by atoms with Gasteiger partial charge in [-0.2, -0.15) is 0 Å². The van der Waals surface area contributed by atoms with Crippen molar-refractivity contribution in [2.75, 3.05) is 10.6 Å². The van der Waals surface area contributed by atoms with Crippen molar-refractivity contribution < 1.29 is 13.2 Å².